The summed E-state index contributed by atoms with van der Waals surface area (Å²) in [7, 11) is 1.37. The molecule has 0 heterocycles. The Morgan fingerprint density at radius 3 is 1.65 bits per heavy atom. The van der Waals surface area contributed by atoms with Gasteiger partial charge in [0.25, 0.3) is 0 Å². The van der Waals surface area contributed by atoms with Crippen LogP contribution in [0.3, 0.4) is 0 Å². The Morgan fingerprint density at radius 1 is 0.654 bits per heavy atom. The van der Waals surface area contributed by atoms with E-state index in [1.165, 1.54) is 24.3 Å². The van der Waals surface area contributed by atoms with Crippen molar-refractivity contribution >= 4 is 24.2 Å². The third kappa shape index (κ3) is 4.81. The summed E-state index contributed by atoms with van der Waals surface area (Å²) < 4.78 is 4.58. The predicted molar refractivity (Wildman–Crippen MR) is 108 cm³/mol. The Labute approximate surface area is 154 Å². The number of ether oxygens (including phenoxy) is 1. The van der Waals surface area contributed by atoms with Gasteiger partial charge < -0.3 is 4.74 Å². The highest BCUT2D eigenvalue weighted by atomic mass is 16.5. The molecule has 0 saturated heterocycles. The highest BCUT2D eigenvalue weighted by Gasteiger charge is 1.96. The van der Waals surface area contributed by atoms with Crippen molar-refractivity contribution < 1.29 is 9.53 Å². The van der Waals surface area contributed by atoms with E-state index in [-0.39, 0.29) is 5.97 Å². The summed E-state index contributed by atoms with van der Waals surface area (Å²) >= 11 is 0. The Kier molecular flexibility index (Phi) is 5.79. The maximum atomic E-state index is 11.1. The monoisotopic (exact) mass is 340 g/mol. The molecule has 0 aliphatic rings. The molecule has 2 heteroatoms. The van der Waals surface area contributed by atoms with Gasteiger partial charge in [-0.1, -0.05) is 91.0 Å². The minimum atomic E-state index is -0.354. The molecule has 3 rings (SSSR count). The number of benzene rings is 3. The van der Waals surface area contributed by atoms with E-state index in [1.54, 1.807) is 6.08 Å². The minimum Gasteiger partial charge on any atom is -0.466 e. The average molecular weight is 340 g/mol. The van der Waals surface area contributed by atoms with Crippen LogP contribution < -0.4 is 0 Å². The zero-order valence-electron chi connectivity index (χ0n) is 14.6. The lowest BCUT2D eigenvalue weighted by Gasteiger charge is -2.02. The molecule has 0 amide bonds. The molecule has 0 spiro atoms. The molecule has 0 unspecified atom stereocenters. The van der Waals surface area contributed by atoms with Crippen LogP contribution in [0.25, 0.3) is 29.4 Å². The van der Waals surface area contributed by atoms with Gasteiger partial charge in [-0.2, -0.15) is 0 Å². The van der Waals surface area contributed by atoms with Crippen molar-refractivity contribution in [3.8, 4) is 11.1 Å². The SMILES string of the molecule is COC(=O)/C=C/c1ccc(/C=C/c2ccc(-c3ccccc3)cc2)cc1. The van der Waals surface area contributed by atoms with Crippen LogP contribution >= 0.6 is 0 Å². The van der Waals surface area contributed by atoms with E-state index in [0.29, 0.717) is 0 Å². The first kappa shape index (κ1) is 17.4. The molecule has 0 bridgehead atoms. The van der Waals surface area contributed by atoms with E-state index in [4.69, 9.17) is 0 Å². The van der Waals surface area contributed by atoms with E-state index >= 15 is 0 Å². The fourth-order valence-electron chi connectivity index (χ4n) is 2.56. The molecular weight excluding hydrogens is 320 g/mol. The molecule has 2 nitrogen and oxygen atoms in total. The first-order chi connectivity index (χ1) is 12.7. The molecule has 0 aromatic heterocycles. The zero-order chi connectivity index (χ0) is 18.2. The molecule has 0 atom stereocenters. The van der Waals surface area contributed by atoms with E-state index in [9.17, 15) is 4.79 Å². The lowest BCUT2D eigenvalue weighted by Crippen LogP contribution is -1.93. The molecule has 0 saturated carbocycles. The van der Waals surface area contributed by atoms with Crippen LogP contribution in [0.2, 0.25) is 0 Å². The zero-order valence-corrected chi connectivity index (χ0v) is 14.6. The number of hydrogen-bond donors (Lipinski definition) is 0. The summed E-state index contributed by atoms with van der Waals surface area (Å²) in [4.78, 5) is 11.1. The third-order valence-corrected chi connectivity index (χ3v) is 4.04. The minimum absolute atomic E-state index is 0.354. The van der Waals surface area contributed by atoms with Gasteiger partial charge in [0.2, 0.25) is 0 Å². The Hall–Kier alpha value is -3.39. The van der Waals surface area contributed by atoms with Gasteiger partial charge in [0.05, 0.1) is 7.11 Å². The standard InChI is InChI=1S/C24H20O2/c1-26-24(25)18-15-20-10-7-19(8-11-20)9-12-21-13-16-23(17-14-21)22-5-3-2-4-6-22/h2-18H,1H3/b12-9+,18-15+. The van der Waals surface area contributed by atoms with Gasteiger partial charge in [0.1, 0.15) is 0 Å². The van der Waals surface area contributed by atoms with Crippen LogP contribution in [0.5, 0.6) is 0 Å². The fraction of sp³-hybridized carbons (Fsp3) is 0.0417. The van der Waals surface area contributed by atoms with Crippen molar-refractivity contribution in [2.75, 3.05) is 7.11 Å². The topological polar surface area (TPSA) is 26.3 Å². The van der Waals surface area contributed by atoms with Crippen LogP contribution in [0.1, 0.15) is 16.7 Å². The van der Waals surface area contributed by atoms with E-state index in [1.807, 2.05) is 42.5 Å². The molecule has 0 N–H and O–H groups in total. The van der Waals surface area contributed by atoms with Gasteiger partial charge in [-0.3, -0.25) is 0 Å². The van der Waals surface area contributed by atoms with Crippen molar-refractivity contribution in [1.82, 2.24) is 0 Å². The van der Waals surface area contributed by atoms with Crippen LogP contribution in [0.15, 0.2) is 84.9 Å². The summed E-state index contributed by atoms with van der Waals surface area (Å²) in [5, 5.41) is 0. The summed E-state index contributed by atoms with van der Waals surface area (Å²) in [6, 6.07) is 26.8. The van der Waals surface area contributed by atoms with Crippen LogP contribution in [0.4, 0.5) is 0 Å². The predicted octanol–water partition coefficient (Wildman–Crippen LogP) is 5.71. The first-order valence-electron chi connectivity index (χ1n) is 8.44. The molecule has 3 aromatic rings. The van der Waals surface area contributed by atoms with E-state index in [0.717, 1.165) is 16.7 Å². The summed E-state index contributed by atoms with van der Waals surface area (Å²) in [5.74, 6) is -0.354. The highest BCUT2D eigenvalue weighted by molar-refractivity contribution is 5.87. The molecule has 0 aliphatic heterocycles. The van der Waals surface area contributed by atoms with Crippen LogP contribution in [0, 0.1) is 0 Å². The molecule has 128 valence electrons. The first-order valence-corrected chi connectivity index (χ1v) is 8.44. The largest absolute Gasteiger partial charge is 0.466 e. The second-order valence-electron chi connectivity index (χ2n) is 5.84. The molecule has 26 heavy (non-hydrogen) atoms. The van der Waals surface area contributed by atoms with Crippen molar-refractivity contribution in [3.05, 3.63) is 102 Å². The van der Waals surface area contributed by atoms with Crippen molar-refractivity contribution in [1.29, 1.82) is 0 Å². The molecule has 0 aliphatic carbocycles. The quantitative estimate of drug-likeness (QED) is 0.338. The average Bonchev–Trinajstić information content (AvgIpc) is 2.72. The second kappa shape index (κ2) is 8.63. The fourth-order valence-corrected chi connectivity index (χ4v) is 2.56. The lowest BCUT2D eigenvalue weighted by molar-refractivity contribution is -0.134. The number of carbonyl (C=O) groups is 1. The Balaban J connectivity index is 1.66. The Bertz CT molecular complexity index is 903. The van der Waals surface area contributed by atoms with Crippen molar-refractivity contribution in [3.63, 3.8) is 0 Å². The van der Waals surface area contributed by atoms with Gasteiger partial charge >= 0.3 is 5.97 Å². The highest BCUT2D eigenvalue weighted by Crippen LogP contribution is 2.20. The third-order valence-electron chi connectivity index (χ3n) is 4.04. The Morgan fingerprint density at radius 2 is 1.12 bits per heavy atom. The van der Waals surface area contributed by atoms with E-state index < -0.39 is 0 Å². The summed E-state index contributed by atoms with van der Waals surface area (Å²) in [5.41, 5.74) is 5.65. The second-order valence-corrected chi connectivity index (χ2v) is 5.84. The number of methoxy groups -OCH3 is 1. The van der Waals surface area contributed by atoms with Gasteiger partial charge in [-0.25, -0.2) is 4.79 Å². The maximum absolute atomic E-state index is 11.1. The van der Waals surface area contributed by atoms with Crippen LogP contribution in [-0.2, 0) is 9.53 Å². The number of rotatable bonds is 5. The van der Waals surface area contributed by atoms with E-state index in [2.05, 4.69) is 53.3 Å². The lowest BCUT2D eigenvalue weighted by atomic mass is 10.0. The summed E-state index contributed by atoms with van der Waals surface area (Å²) in [6.07, 6.45) is 7.32. The van der Waals surface area contributed by atoms with Crippen molar-refractivity contribution in [2.24, 2.45) is 0 Å². The number of carbonyl (C=O) groups excluding carboxylic acids is 1. The number of hydrogen-bond acceptors (Lipinski definition) is 2. The molecular formula is C24H20O2. The smallest absolute Gasteiger partial charge is 0.330 e. The van der Waals surface area contributed by atoms with Gasteiger partial charge in [0, 0.05) is 6.08 Å². The van der Waals surface area contributed by atoms with Gasteiger partial charge in [-0.15, -0.1) is 0 Å². The normalized spacial score (nSPS) is 11.1. The van der Waals surface area contributed by atoms with Crippen molar-refractivity contribution in [2.45, 2.75) is 0 Å². The maximum Gasteiger partial charge on any atom is 0.330 e. The molecule has 0 radical (unpaired) electrons. The molecule has 0 fully saturated rings. The molecule has 3 aromatic carbocycles. The van der Waals surface area contributed by atoms with Crippen LogP contribution in [-0.4, -0.2) is 13.1 Å². The number of esters is 1. The van der Waals surface area contributed by atoms with Gasteiger partial charge in [-0.05, 0) is 33.9 Å². The van der Waals surface area contributed by atoms with Gasteiger partial charge in [0.15, 0.2) is 0 Å². The summed E-state index contributed by atoms with van der Waals surface area (Å²) in [6.45, 7) is 0.